The number of hydrogen-bond acceptors (Lipinski definition) is 6. The van der Waals surface area contributed by atoms with E-state index in [1.165, 1.54) is 23.4 Å². The number of rotatable bonds is 8. The molecular weight excluding hydrogens is 418 g/mol. The molecule has 166 valence electrons. The summed E-state index contributed by atoms with van der Waals surface area (Å²) in [6, 6.07) is 12.6. The molecule has 4 rings (SSSR count). The minimum absolute atomic E-state index is 0.0114. The van der Waals surface area contributed by atoms with Crippen LogP contribution in [0.2, 0.25) is 0 Å². The molecule has 2 heterocycles. The molecule has 4 aromatic rings. The molecule has 7 nitrogen and oxygen atoms in total. The maximum atomic E-state index is 14.6. The maximum absolute atomic E-state index is 14.6. The van der Waals surface area contributed by atoms with Gasteiger partial charge in [0.25, 0.3) is 0 Å². The van der Waals surface area contributed by atoms with Crippen LogP contribution in [0.4, 0.5) is 8.78 Å². The Balaban J connectivity index is 1.54. The zero-order valence-electron chi connectivity index (χ0n) is 17.6. The molecule has 32 heavy (non-hydrogen) atoms. The molecule has 2 atom stereocenters. The van der Waals surface area contributed by atoms with Crippen LogP contribution in [0.5, 0.6) is 0 Å². The molecule has 0 fully saturated rings. The smallest absolute Gasteiger partial charge is 0.163 e. The molecule has 0 radical (unpaired) electrons. The van der Waals surface area contributed by atoms with Crippen molar-refractivity contribution in [3.63, 3.8) is 0 Å². The van der Waals surface area contributed by atoms with Crippen molar-refractivity contribution in [3.8, 4) is 11.3 Å². The molecule has 0 aliphatic carbocycles. The van der Waals surface area contributed by atoms with E-state index < -0.39 is 23.3 Å². The average molecular weight is 440 g/mol. The van der Waals surface area contributed by atoms with Crippen LogP contribution in [0.1, 0.15) is 23.8 Å². The van der Waals surface area contributed by atoms with Crippen molar-refractivity contribution < 1.29 is 23.1 Å². The number of ether oxygens (including phenoxy) is 1. The number of benzene rings is 2. The van der Waals surface area contributed by atoms with Crippen molar-refractivity contribution in [2.45, 2.75) is 38.7 Å². The van der Waals surface area contributed by atoms with Crippen molar-refractivity contribution in [1.29, 1.82) is 0 Å². The molecule has 2 aromatic carbocycles. The second kappa shape index (κ2) is 8.97. The van der Waals surface area contributed by atoms with Crippen LogP contribution >= 0.6 is 0 Å². The first-order chi connectivity index (χ1) is 15.3. The van der Waals surface area contributed by atoms with Crippen LogP contribution in [-0.2, 0) is 23.5 Å². The van der Waals surface area contributed by atoms with Gasteiger partial charge in [-0.25, -0.2) is 18.4 Å². The largest absolute Gasteiger partial charge is 0.380 e. The van der Waals surface area contributed by atoms with Gasteiger partial charge in [0.05, 0.1) is 12.6 Å². The van der Waals surface area contributed by atoms with E-state index in [0.29, 0.717) is 11.5 Å². The molecule has 0 amide bonds. The summed E-state index contributed by atoms with van der Waals surface area (Å²) in [5.41, 5.74) is 0.716. The van der Waals surface area contributed by atoms with Gasteiger partial charge in [-0.3, -0.25) is 0 Å². The fourth-order valence-electron chi connectivity index (χ4n) is 3.42. The summed E-state index contributed by atoms with van der Waals surface area (Å²) in [6.07, 6.45) is 1.77. The molecule has 0 saturated heterocycles. The number of aromatic nitrogens is 4. The predicted molar refractivity (Wildman–Crippen MR) is 111 cm³/mol. The highest BCUT2D eigenvalue weighted by atomic mass is 19.1. The summed E-state index contributed by atoms with van der Waals surface area (Å²) in [5.74, 6) is -1.19. The van der Waals surface area contributed by atoms with Gasteiger partial charge < -0.3 is 14.4 Å². The fourth-order valence-corrected chi connectivity index (χ4v) is 3.42. The Bertz CT molecular complexity index is 1180. The first-order valence-electron chi connectivity index (χ1n) is 10.00. The topological polar surface area (TPSA) is 86.2 Å². The molecule has 9 heteroatoms. The second-order valence-electron chi connectivity index (χ2n) is 7.64. The minimum atomic E-state index is -1.86. The summed E-state index contributed by atoms with van der Waals surface area (Å²) >= 11 is 0. The quantitative estimate of drug-likeness (QED) is 0.446. The van der Waals surface area contributed by atoms with Crippen molar-refractivity contribution in [1.82, 2.24) is 19.9 Å². The van der Waals surface area contributed by atoms with Crippen LogP contribution in [0.25, 0.3) is 11.3 Å². The SMILES string of the molecule is Cc1ccc(-c2cc(COC(C)C(O)(Cn3cncn3)c3ccc(F)cc3F)on2)cc1. The summed E-state index contributed by atoms with van der Waals surface area (Å²) in [7, 11) is 0. The van der Waals surface area contributed by atoms with Gasteiger partial charge in [0.15, 0.2) is 5.76 Å². The third-order valence-electron chi connectivity index (χ3n) is 5.32. The molecule has 0 spiro atoms. The van der Waals surface area contributed by atoms with E-state index >= 15 is 0 Å². The molecule has 1 N–H and O–H groups in total. The monoisotopic (exact) mass is 440 g/mol. The van der Waals surface area contributed by atoms with Gasteiger partial charge in [-0.05, 0) is 19.9 Å². The van der Waals surface area contributed by atoms with Crippen LogP contribution in [-0.4, -0.2) is 31.1 Å². The zero-order chi connectivity index (χ0) is 22.7. The van der Waals surface area contributed by atoms with E-state index in [4.69, 9.17) is 9.26 Å². The van der Waals surface area contributed by atoms with E-state index in [-0.39, 0.29) is 18.7 Å². The molecular formula is C23H22F2N4O3. The van der Waals surface area contributed by atoms with Crippen molar-refractivity contribution >= 4 is 0 Å². The lowest BCUT2D eigenvalue weighted by molar-refractivity contribution is -0.126. The van der Waals surface area contributed by atoms with Crippen LogP contribution in [0, 0.1) is 18.6 Å². The lowest BCUT2D eigenvalue weighted by Crippen LogP contribution is -2.44. The van der Waals surface area contributed by atoms with Crippen molar-refractivity contribution in [2.75, 3.05) is 0 Å². The highest BCUT2D eigenvalue weighted by Gasteiger charge is 2.40. The first kappa shape index (κ1) is 21.8. The van der Waals surface area contributed by atoms with Gasteiger partial charge in [-0.1, -0.05) is 41.1 Å². The number of aryl methyl sites for hydroxylation is 1. The number of aliphatic hydroxyl groups is 1. The predicted octanol–water partition coefficient (Wildman–Crippen LogP) is 4.01. The van der Waals surface area contributed by atoms with E-state index in [1.54, 1.807) is 13.0 Å². The Morgan fingerprint density at radius 1 is 1.16 bits per heavy atom. The number of hydrogen-bond donors (Lipinski definition) is 1. The summed E-state index contributed by atoms with van der Waals surface area (Å²) in [6.45, 7) is 3.43. The number of halogens is 2. The third-order valence-corrected chi connectivity index (χ3v) is 5.32. The third kappa shape index (κ3) is 4.58. The molecule has 0 aliphatic heterocycles. The standard InChI is InChI=1S/C23H22F2N4O3/c1-15-3-5-17(6-4-15)22-10-19(32-28-22)11-31-16(2)23(30,12-29-14-26-13-27-29)20-8-7-18(24)9-21(20)25/h3-10,13-14,16,30H,11-12H2,1-2H3. The van der Waals surface area contributed by atoms with Crippen molar-refractivity contribution in [2.24, 2.45) is 0 Å². The van der Waals surface area contributed by atoms with Gasteiger partial charge in [0, 0.05) is 23.3 Å². The van der Waals surface area contributed by atoms with E-state index in [0.717, 1.165) is 23.3 Å². The summed E-state index contributed by atoms with van der Waals surface area (Å²) < 4.78 is 40.6. The normalized spacial score (nSPS) is 14.3. The summed E-state index contributed by atoms with van der Waals surface area (Å²) in [4.78, 5) is 3.85. The lowest BCUT2D eigenvalue weighted by Gasteiger charge is -2.34. The van der Waals surface area contributed by atoms with Crippen LogP contribution in [0.15, 0.2) is 65.7 Å². The van der Waals surface area contributed by atoms with Crippen LogP contribution in [0.3, 0.4) is 0 Å². The van der Waals surface area contributed by atoms with E-state index in [9.17, 15) is 13.9 Å². The molecule has 2 aromatic heterocycles. The van der Waals surface area contributed by atoms with Gasteiger partial charge >= 0.3 is 0 Å². The molecule has 0 bridgehead atoms. The Hall–Kier alpha value is -3.43. The van der Waals surface area contributed by atoms with E-state index in [1.807, 2.05) is 31.2 Å². The van der Waals surface area contributed by atoms with Gasteiger partial charge in [0.1, 0.15) is 42.2 Å². The Morgan fingerprint density at radius 3 is 2.62 bits per heavy atom. The average Bonchev–Trinajstić information content (AvgIpc) is 3.44. The van der Waals surface area contributed by atoms with E-state index in [2.05, 4.69) is 15.2 Å². The molecule has 2 unspecified atom stereocenters. The van der Waals surface area contributed by atoms with Gasteiger partial charge in [0.2, 0.25) is 0 Å². The summed E-state index contributed by atoms with van der Waals surface area (Å²) in [5, 5.41) is 19.5. The van der Waals surface area contributed by atoms with Crippen molar-refractivity contribution in [3.05, 3.63) is 89.7 Å². The zero-order valence-corrected chi connectivity index (χ0v) is 17.6. The Morgan fingerprint density at radius 2 is 1.94 bits per heavy atom. The fraction of sp³-hybridized carbons (Fsp3) is 0.261. The maximum Gasteiger partial charge on any atom is 0.163 e. The molecule has 0 aliphatic rings. The highest BCUT2D eigenvalue weighted by Crippen LogP contribution is 2.32. The Labute approximate surface area is 183 Å². The first-order valence-corrected chi connectivity index (χ1v) is 10.00. The highest BCUT2D eigenvalue weighted by molar-refractivity contribution is 5.59. The van der Waals surface area contributed by atoms with Gasteiger partial charge in [-0.2, -0.15) is 5.10 Å². The number of nitrogens with zero attached hydrogens (tertiary/aromatic N) is 4. The molecule has 0 saturated carbocycles. The van der Waals surface area contributed by atoms with Crippen LogP contribution < -0.4 is 0 Å². The van der Waals surface area contributed by atoms with Gasteiger partial charge in [-0.15, -0.1) is 0 Å². The lowest BCUT2D eigenvalue weighted by atomic mass is 9.88. The second-order valence-corrected chi connectivity index (χ2v) is 7.64. The minimum Gasteiger partial charge on any atom is -0.380 e. The Kier molecular flexibility index (Phi) is 6.11.